The van der Waals surface area contributed by atoms with Gasteiger partial charge in [0.1, 0.15) is 5.82 Å². The van der Waals surface area contributed by atoms with E-state index in [1.807, 2.05) is 26.1 Å². The Labute approximate surface area is 199 Å². The van der Waals surface area contributed by atoms with Gasteiger partial charge in [-0.25, -0.2) is 4.98 Å². The Hall–Kier alpha value is -2.38. The molecule has 0 saturated carbocycles. The number of allylic oxidation sites excluding steroid dienone is 3. The second-order valence-electron chi connectivity index (χ2n) is 7.94. The second kappa shape index (κ2) is 11.5. The number of benzene rings is 1. The van der Waals surface area contributed by atoms with Crippen molar-refractivity contribution in [2.24, 2.45) is 5.92 Å². The molecule has 1 heterocycles. The molecule has 0 fully saturated rings. The molecule has 172 valence electrons. The first-order valence-electron chi connectivity index (χ1n) is 11.2. The third-order valence-corrected chi connectivity index (χ3v) is 6.37. The van der Waals surface area contributed by atoms with E-state index in [1.165, 1.54) is 5.57 Å². The van der Waals surface area contributed by atoms with E-state index in [0.717, 1.165) is 28.7 Å². The number of imidazole rings is 1. The number of hydrogen-bond acceptors (Lipinski definition) is 4. The highest BCUT2D eigenvalue weighted by atomic mass is 79.9. The summed E-state index contributed by atoms with van der Waals surface area (Å²) >= 11 is 3.56. The van der Waals surface area contributed by atoms with Crippen LogP contribution in [-0.4, -0.2) is 42.8 Å². The maximum absolute atomic E-state index is 12.9. The van der Waals surface area contributed by atoms with E-state index >= 15 is 0 Å². The van der Waals surface area contributed by atoms with Gasteiger partial charge in [0.05, 0.1) is 6.61 Å². The van der Waals surface area contributed by atoms with Gasteiger partial charge < -0.3 is 19.9 Å². The molecular formula is C25H33BrN4O2. The molecule has 2 unspecified atom stereocenters. The Bertz CT molecular complexity index is 996. The molecule has 7 heteroatoms. The Morgan fingerprint density at radius 3 is 2.81 bits per heavy atom. The fourth-order valence-electron chi connectivity index (χ4n) is 4.32. The molecule has 3 rings (SSSR count). The van der Waals surface area contributed by atoms with Crippen molar-refractivity contribution in [1.82, 2.24) is 14.9 Å². The lowest BCUT2D eigenvalue weighted by molar-refractivity contribution is 0.0954. The van der Waals surface area contributed by atoms with Crippen molar-refractivity contribution in [2.45, 2.75) is 39.2 Å². The maximum Gasteiger partial charge on any atom is 0.271 e. The standard InChI is InChI=1S/C25H33BrN4O2/c1-5-21(19-11-7-10-18(13-19)16-32-6-2)24-29-23(27-3)22(25(31)28-4)30(24)15-17-9-8-12-20(26)14-17/h7-12,14,19,21,27H,5-6,13,15-16H2,1-4H3,(H,28,31). The lowest BCUT2D eigenvalue weighted by Gasteiger charge is -2.27. The summed E-state index contributed by atoms with van der Waals surface area (Å²) < 4.78 is 8.74. The molecule has 1 amide bonds. The minimum absolute atomic E-state index is 0.144. The second-order valence-corrected chi connectivity index (χ2v) is 8.86. The van der Waals surface area contributed by atoms with Crippen LogP contribution in [0.2, 0.25) is 0 Å². The Balaban J connectivity index is 2.03. The number of carbonyl (C=O) groups excluding carboxylic acids is 1. The Kier molecular flexibility index (Phi) is 8.70. The molecule has 1 aliphatic carbocycles. The number of nitrogens with zero attached hydrogens (tertiary/aromatic N) is 2. The van der Waals surface area contributed by atoms with Gasteiger partial charge in [0, 0.05) is 37.6 Å². The van der Waals surface area contributed by atoms with E-state index in [-0.39, 0.29) is 11.8 Å². The number of nitrogens with one attached hydrogen (secondary N) is 2. The van der Waals surface area contributed by atoms with Crippen LogP contribution in [0.5, 0.6) is 0 Å². The zero-order valence-corrected chi connectivity index (χ0v) is 20.9. The minimum Gasteiger partial charge on any atom is -0.377 e. The molecule has 2 atom stereocenters. The third-order valence-electron chi connectivity index (χ3n) is 5.87. The van der Waals surface area contributed by atoms with Gasteiger partial charge in [-0.2, -0.15) is 0 Å². The summed E-state index contributed by atoms with van der Waals surface area (Å²) in [6, 6.07) is 8.18. The van der Waals surface area contributed by atoms with Crippen LogP contribution in [-0.2, 0) is 11.3 Å². The Morgan fingerprint density at radius 2 is 2.16 bits per heavy atom. The molecule has 0 bridgehead atoms. The van der Waals surface area contributed by atoms with Crippen molar-refractivity contribution in [2.75, 3.05) is 32.6 Å². The molecule has 2 aromatic rings. The number of halogens is 1. The van der Waals surface area contributed by atoms with Gasteiger partial charge in [0.2, 0.25) is 0 Å². The molecule has 1 aromatic heterocycles. The quantitative estimate of drug-likeness (QED) is 0.474. The van der Waals surface area contributed by atoms with Crippen LogP contribution in [0.4, 0.5) is 5.82 Å². The molecule has 0 radical (unpaired) electrons. The van der Waals surface area contributed by atoms with E-state index in [4.69, 9.17) is 9.72 Å². The van der Waals surface area contributed by atoms with Gasteiger partial charge in [-0.05, 0) is 49.0 Å². The van der Waals surface area contributed by atoms with E-state index < -0.39 is 0 Å². The first-order valence-corrected chi connectivity index (χ1v) is 12.0. The van der Waals surface area contributed by atoms with Gasteiger partial charge >= 0.3 is 0 Å². The van der Waals surface area contributed by atoms with Crippen LogP contribution in [0.25, 0.3) is 0 Å². The van der Waals surface area contributed by atoms with Gasteiger partial charge in [0.25, 0.3) is 5.91 Å². The van der Waals surface area contributed by atoms with E-state index in [9.17, 15) is 4.79 Å². The fraction of sp³-hybridized carbons (Fsp3) is 0.440. The van der Waals surface area contributed by atoms with Gasteiger partial charge in [0.15, 0.2) is 11.5 Å². The van der Waals surface area contributed by atoms with Crippen molar-refractivity contribution in [1.29, 1.82) is 0 Å². The zero-order chi connectivity index (χ0) is 23.1. The van der Waals surface area contributed by atoms with Crippen LogP contribution in [0.1, 0.15) is 54.5 Å². The number of anilines is 1. The van der Waals surface area contributed by atoms with E-state index in [2.05, 4.69) is 68.4 Å². The topological polar surface area (TPSA) is 68.2 Å². The molecule has 32 heavy (non-hydrogen) atoms. The van der Waals surface area contributed by atoms with Gasteiger partial charge in [-0.1, -0.05) is 53.2 Å². The summed E-state index contributed by atoms with van der Waals surface area (Å²) in [7, 11) is 3.47. The summed E-state index contributed by atoms with van der Waals surface area (Å²) in [6.07, 6.45) is 8.40. The van der Waals surface area contributed by atoms with Crippen LogP contribution in [0, 0.1) is 5.92 Å². The molecular weight excluding hydrogens is 468 g/mol. The predicted octanol–water partition coefficient (Wildman–Crippen LogP) is 5.13. The highest BCUT2D eigenvalue weighted by Crippen LogP contribution is 2.37. The molecule has 0 spiro atoms. The number of aromatic nitrogens is 2. The molecule has 0 aliphatic heterocycles. The van der Waals surface area contributed by atoms with E-state index in [0.29, 0.717) is 37.2 Å². The SMILES string of the molecule is CCOCC1=CC=CC(C(CC)c2nc(NC)c(C(=O)NC)n2Cc2cccc(Br)c2)C1. The summed E-state index contributed by atoms with van der Waals surface area (Å²) in [6.45, 7) is 6.15. The average Bonchev–Trinajstić information content (AvgIpc) is 3.16. The van der Waals surface area contributed by atoms with Crippen LogP contribution < -0.4 is 10.6 Å². The van der Waals surface area contributed by atoms with Gasteiger partial charge in [-0.3, -0.25) is 4.79 Å². The van der Waals surface area contributed by atoms with E-state index in [1.54, 1.807) is 7.05 Å². The average molecular weight is 501 g/mol. The highest BCUT2D eigenvalue weighted by molar-refractivity contribution is 9.10. The molecule has 1 aliphatic rings. The van der Waals surface area contributed by atoms with Crippen molar-refractivity contribution >= 4 is 27.7 Å². The maximum atomic E-state index is 12.9. The monoisotopic (exact) mass is 500 g/mol. The molecule has 6 nitrogen and oxygen atoms in total. The van der Waals surface area contributed by atoms with Crippen LogP contribution in [0.15, 0.2) is 52.5 Å². The van der Waals surface area contributed by atoms with Crippen molar-refractivity contribution in [3.05, 3.63) is 69.6 Å². The number of rotatable bonds is 10. The normalized spacial score (nSPS) is 16.5. The number of ether oxygens (including phenoxy) is 1. The van der Waals surface area contributed by atoms with Crippen LogP contribution in [0.3, 0.4) is 0 Å². The highest BCUT2D eigenvalue weighted by Gasteiger charge is 2.31. The minimum atomic E-state index is -0.144. The molecule has 2 N–H and O–H groups in total. The van der Waals surface area contributed by atoms with Crippen molar-refractivity contribution in [3.8, 4) is 0 Å². The van der Waals surface area contributed by atoms with Gasteiger partial charge in [-0.15, -0.1) is 0 Å². The third kappa shape index (κ3) is 5.51. The predicted molar refractivity (Wildman–Crippen MR) is 133 cm³/mol. The van der Waals surface area contributed by atoms with Crippen molar-refractivity contribution in [3.63, 3.8) is 0 Å². The summed E-state index contributed by atoms with van der Waals surface area (Å²) in [5.74, 6) is 1.87. The summed E-state index contributed by atoms with van der Waals surface area (Å²) in [5, 5.41) is 5.92. The smallest absolute Gasteiger partial charge is 0.271 e. The lowest BCUT2D eigenvalue weighted by atomic mass is 9.82. The largest absolute Gasteiger partial charge is 0.377 e. The summed E-state index contributed by atoms with van der Waals surface area (Å²) in [5.41, 5.74) is 2.97. The summed E-state index contributed by atoms with van der Waals surface area (Å²) in [4.78, 5) is 17.8. The lowest BCUT2D eigenvalue weighted by Crippen LogP contribution is -2.25. The molecule has 0 saturated heterocycles. The van der Waals surface area contributed by atoms with Crippen LogP contribution >= 0.6 is 15.9 Å². The Morgan fingerprint density at radius 1 is 1.34 bits per heavy atom. The fourth-order valence-corrected chi connectivity index (χ4v) is 4.77. The first-order chi connectivity index (χ1) is 15.5. The molecule has 1 aromatic carbocycles. The zero-order valence-electron chi connectivity index (χ0n) is 19.3. The van der Waals surface area contributed by atoms with Crippen molar-refractivity contribution < 1.29 is 9.53 Å². The number of amides is 1. The first kappa shape index (κ1) is 24.3. The number of hydrogen-bond donors (Lipinski definition) is 2. The number of carbonyl (C=O) groups is 1.